The van der Waals surface area contributed by atoms with Gasteiger partial charge in [-0.3, -0.25) is 0 Å². The van der Waals surface area contributed by atoms with Gasteiger partial charge in [-0.2, -0.15) is 8.78 Å². The van der Waals surface area contributed by atoms with Gasteiger partial charge < -0.3 is 4.74 Å². The second-order valence-corrected chi connectivity index (χ2v) is 8.73. The zero-order valence-corrected chi connectivity index (χ0v) is 18.5. The second kappa shape index (κ2) is 9.16. The minimum Gasteiger partial charge on any atom is -0.429 e. The lowest BCUT2D eigenvalue weighted by molar-refractivity contribution is -0.187. The van der Waals surface area contributed by atoms with Crippen molar-refractivity contribution >= 4 is 0 Å². The third kappa shape index (κ3) is 4.90. The van der Waals surface area contributed by atoms with Crippen LogP contribution in [0.1, 0.15) is 48.4 Å². The summed E-state index contributed by atoms with van der Waals surface area (Å²) in [6, 6.07) is 10.6. The molecule has 1 unspecified atom stereocenters. The molecule has 3 aromatic rings. The number of unbranched alkanes of at least 4 members (excludes halogenated alkanes) is 1. The van der Waals surface area contributed by atoms with E-state index in [1.807, 2.05) is 18.2 Å². The van der Waals surface area contributed by atoms with Gasteiger partial charge in [0.1, 0.15) is 23.2 Å². The number of alkyl halides is 2. The molecule has 1 aliphatic rings. The molecule has 0 aromatic heterocycles. The normalized spacial score (nSPS) is 15.5. The Morgan fingerprint density at radius 3 is 2.15 bits per heavy atom. The van der Waals surface area contributed by atoms with Crippen molar-refractivity contribution in [2.24, 2.45) is 5.92 Å². The summed E-state index contributed by atoms with van der Waals surface area (Å²) in [4.78, 5) is 0. The van der Waals surface area contributed by atoms with Crippen molar-refractivity contribution in [1.29, 1.82) is 0 Å². The minimum absolute atomic E-state index is 0.313. The maximum atomic E-state index is 14.7. The van der Waals surface area contributed by atoms with E-state index in [4.69, 9.17) is 0 Å². The van der Waals surface area contributed by atoms with Crippen LogP contribution in [0.15, 0.2) is 48.5 Å². The Kier molecular flexibility index (Phi) is 6.46. The summed E-state index contributed by atoms with van der Waals surface area (Å²) in [6.45, 7) is 3.35. The van der Waals surface area contributed by atoms with Crippen LogP contribution >= 0.6 is 0 Å². The lowest BCUT2D eigenvalue weighted by Crippen LogP contribution is -2.23. The molecule has 0 saturated carbocycles. The zero-order valence-electron chi connectivity index (χ0n) is 18.5. The van der Waals surface area contributed by atoms with Gasteiger partial charge in [-0.25, -0.2) is 13.2 Å². The Morgan fingerprint density at radius 2 is 1.48 bits per heavy atom. The van der Waals surface area contributed by atoms with Gasteiger partial charge in [0.25, 0.3) is 0 Å². The fraction of sp³-hybridized carbons (Fsp3) is 0.333. The van der Waals surface area contributed by atoms with Crippen molar-refractivity contribution in [2.45, 2.75) is 52.1 Å². The monoisotopic (exact) mass is 460 g/mol. The van der Waals surface area contributed by atoms with E-state index in [1.165, 1.54) is 37.0 Å². The van der Waals surface area contributed by atoms with E-state index in [2.05, 4.69) is 11.7 Å². The van der Waals surface area contributed by atoms with Gasteiger partial charge in [0.2, 0.25) is 0 Å². The Bertz CT molecular complexity index is 1150. The van der Waals surface area contributed by atoms with Crippen LogP contribution in [-0.2, 0) is 19.0 Å². The van der Waals surface area contributed by atoms with E-state index in [9.17, 15) is 22.0 Å². The van der Waals surface area contributed by atoms with Crippen molar-refractivity contribution in [3.63, 3.8) is 0 Å². The van der Waals surface area contributed by atoms with Gasteiger partial charge in [-0.1, -0.05) is 44.0 Å². The number of hydrogen-bond acceptors (Lipinski definition) is 1. The average molecular weight is 460 g/mol. The molecule has 0 N–H and O–H groups in total. The highest BCUT2D eigenvalue weighted by Crippen LogP contribution is 2.37. The molecule has 0 saturated heterocycles. The first-order chi connectivity index (χ1) is 15.7. The lowest BCUT2D eigenvalue weighted by Gasteiger charge is -2.20. The molecule has 0 radical (unpaired) electrons. The molecular weight excluding hydrogens is 435 g/mol. The predicted molar refractivity (Wildman–Crippen MR) is 118 cm³/mol. The predicted octanol–water partition coefficient (Wildman–Crippen LogP) is 8.11. The zero-order chi connectivity index (χ0) is 23.8. The van der Waals surface area contributed by atoms with Crippen LogP contribution in [0.4, 0.5) is 22.0 Å². The van der Waals surface area contributed by atoms with Crippen LogP contribution in [0.5, 0.6) is 5.75 Å². The average Bonchev–Trinajstić information content (AvgIpc) is 3.17. The summed E-state index contributed by atoms with van der Waals surface area (Å²) >= 11 is 0. The van der Waals surface area contributed by atoms with Crippen LogP contribution in [0.25, 0.3) is 11.1 Å². The van der Waals surface area contributed by atoms with Crippen LogP contribution in [0, 0.1) is 30.3 Å². The van der Waals surface area contributed by atoms with Gasteiger partial charge in [0, 0.05) is 17.7 Å². The van der Waals surface area contributed by atoms with E-state index < -0.39 is 34.9 Å². The first-order valence-corrected chi connectivity index (χ1v) is 11.1. The van der Waals surface area contributed by atoms with Gasteiger partial charge in [0.05, 0.1) is 5.56 Å². The quantitative estimate of drug-likeness (QED) is 0.324. The largest absolute Gasteiger partial charge is 0.429 e. The molecule has 0 spiro atoms. The van der Waals surface area contributed by atoms with Crippen LogP contribution in [-0.4, -0.2) is 0 Å². The number of halogens is 5. The molecule has 1 atom stereocenters. The molecule has 1 nitrogen and oxygen atoms in total. The highest BCUT2D eigenvalue weighted by Gasteiger charge is 2.38. The molecule has 6 heteroatoms. The van der Waals surface area contributed by atoms with Crippen LogP contribution < -0.4 is 4.74 Å². The van der Waals surface area contributed by atoms with Crippen LogP contribution in [0.2, 0.25) is 0 Å². The third-order valence-electron chi connectivity index (χ3n) is 6.31. The van der Waals surface area contributed by atoms with Gasteiger partial charge in [0.15, 0.2) is 0 Å². The summed E-state index contributed by atoms with van der Waals surface area (Å²) in [7, 11) is 0. The van der Waals surface area contributed by atoms with Crippen LogP contribution in [0.3, 0.4) is 0 Å². The van der Waals surface area contributed by atoms with E-state index in [1.54, 1.807) is 0 Å². The molecule has 1 aliphatic carbocycles. The van der Waals surface area contributed by atoms with Crippen molar-refractivity contribution < 1.29 is 26.7 Å². The Morgan fingerprint density at radius 1 is 0.848 bits per heavy atom. The SMILES string of the molecule is CCCCC1Cc2ccc(-c3ccc(C(F)(F)Oc4cc(F)c(C)c(F)c4)c(F)c3)cc2C1. The molecule has 0 bridgehead atoms. The standard InChI is InChI=1S/C27H25F5O/c1-3-4-5-17-10-18-6-7-19(12-21(18)11-17)20-8-9-23(26(30)13-20)27(31,32)33-22-14-24(28)16(2)25(29)15-22/h6-9,12-15,17H,3-5,10-11H2,1-2H3. The fourth-order valence-corrected chi connectivity index (χ4v) is 4.40. The molecule has 3 aromatic carbocycles. The third-order valence-corrected chi connectivity index (χ3v) is 6.31. The Balaban J connectivity index is 1.55. The number of fused-ring (bicyclic) bond motifs is 1. The molecule has 0 amide bonds. The number of benzene rings is 3. The topological polar surface area (TPSA) is 9.23 Å². The molecule has 0 heterocycles. The molecule has 4 rings (SSSR count). The van der Waals surface area contributed by atoms with Crippen molar-refractivity contribution in [2.75, 3.05) is 0 Å². The fourth-order valence-electron chi connectivity index (χ4n) is 4.40. The summed E-state index contributed by atoms with van der Waals surface area (Å²) in [5.41, 5.74) is 2.41. The first-order valence-electron chi connectivity index (χ1n) is 11.1. The Labute approximate surface area is 190 Å². The smallest absolute Gasteiger partial charge is 0.429 e. The van der Waals surface area contributed by atoms with E-state index >= 15 is 0 Å². The maximum Gasteiger partial charge on any atom is 0.429 e. The summed E-state index contributed by atoms with van der Waals surface area (Å²) in [5.74, 6) is -3.32. The molecule has 0 fully saturated rings. The summed E-state index contributed by atoms with van der Waals surface area (Å²) in [6.07, 6.45) is 1.42. The lowest BCUT2D eigenvalue weighted by atomic mass is 9.98. The summed E-state index contributed by atoms with van der Waals surface area (Å²) in [5, 5.41) is 0. The van der Waals surface area contributed by atoms with E-state index in [-0.39, 0.29) is 5.56 Å². The van der Waals surface area contributed by atoms with Gasteiger partial charge in [-0.05, 0) is 66.5 Å². The minimum atomic E-state index is -4.11. The second-order valence-electron chi connectivity index (χ2n) is 8.73. The molecule has 174 valence electrons. The molecule has 33 heavy (non-hydrogen) atoms. The van der Waals surface area contributed by atoms with Crippen molar-refractivity contribution in [3.8, 4) is 16.9 Å². The number of ether oxygens (including phenoxy) is 1. The first kappa shape index (κ1) is 23.3. The molecule has 0 aliphatic heterocycles. The Hall–Kier alpha value is -2.89. The molecular formula is C27H25F5O. The van der Waals surface area contributed by atoms with Gasteiger partial charge >= 0.3 is 6.11 Å². The van der Waals surface area contributed by atoms with E-state index in [0.29, 0.717) is 23.6 Å². The number of hydrogen-bond donors (Lipinski definition) is 0. The highest BCUT2D eigenvalue weighted by atomic mass is 19.3. The maximum absolute atomic E-state index is 14.7. The highest BCUT2D eigenvalue weighted by molar-refractivity contribution is 5.66. The van der Waals surface area contributed by atoms with Crippen molar-refractivity contribution in [1.82, 2.24) is 0 Å². The van der Waals surface area contributed by atoms with Gasteiger partial charge in [-0.15, -0.1) is 0 Å². The number of rotatable bonds is 7. The summed E-state index contributed by atoms with van der Waals surface area (Å²) < 4.78 is 75.8. The van der Waals surface area contributed by atoms with Crippen molar-refractivity contribution in [3.05, 3.63) is 88.2 Å². The van der Waals surface area contributed by atoms with E-state index in [0.717, 1.165) is 37.0 Å².